The van der Waals surface area contributed by atoms with E-state index in [2.05, 4.69) is 179 Å². The maximum Gasteiger partial charge on any atom is 0.0625 e. The van der Waals surface area contributed by atoms with Crippen LogP contribution in [-0.2, 0) is 0 Å². The first-order chi connectivity index (χ1) is 22.9. The van der Waals surface area contributed by atoms with Crippen LogP contribution >= 0.6 is 0 Å². The smallest absolute Gasteiger partial charge is 0.0625 e. The molecule has 0 saturated carbocycles. The Morgan fingerprint density at radius 2 is 0.739 bits per heavy atom. The molecule has 0 bridgehead atoms. The van der Waals surface area contributed by atoms with Gasteiger partial charge in [0.2, 0.25) is 0 Å². The van der Waals surface area contributed by atoms with Gasteiger partial charge in [-0.3, -0.25) is 0 Å². The van der Waals surface area contributed by atoms with Gasteiger partial charge in [-0.1, -0.05) is 133 Å². The Bertz CT molecular complexity index is 2780. The predicted octanol–water partition coefficient (Wildman–Crippen LogP) is 11.9. The zero-order valence-corrected chi connectivity index (χ0v) is 25.1. The van der Waals surface area contributed by atoms with Crippen LogP contribution in [0.25, 0.3) is 87.7 Å². The van der Waals surface area contributed by atoms with Crippen LogP contribution in [0.2, 0.25) is 0 Å². The van der Waals surface area contributed by atoms with Crippen molar-refractivity contribution in [1.82, 2.24) is 9.13 Å². The highest BCUT2D eigenvalue weighted by molar-refractivity contribution is 6.23. The van der Waals surface area contributed by atoms with Crippen molar-refractivity contribution in [3.05, 3.63) is 170 Å². The van der Waals surface area contributed by atoms with Crippen molar-refractivity contribution in [2.45, 2.75) is 0 Å². The van der Waals surface area contributed by atoms with Crippen molar-refractivity contribution in [1.29, 1.82) is 0 Å². The zero-order chi connectivity index (χ0) is 30.2. The van der Waals surface area contributed by atoms with Gasteiger partial charge in [0.05, 0.1) is 27.8 Å². The molecule has 0 aliphatic rings. The summed E-state index contributed by atoms with van der Waals surface area (Å²) in [6, 6.07) is 62.0. The van der Waals surface area contributed by atoms with Crippen LogP contribution in [0.4, 0.5) is 0 Å². The van der Waals surface area contributed by atoms with Gasteiger partial charge in [-0.2, -0.15) is 0 Å². The van der Waals surface area contributed by atoms with Crippen molar-refractivity contribution in [2.75, 3.05) is 0 Å². The normalized spacial score (nSPS) is 11.9. The Hall–Kier alpha value is -6.12. The van der Waals surface area contributed by atoms with Crippen molar-refractivity contribution in [3.63, 3.8) is 0 Å². The van der Waals surface area contributed by atoms with Gasteiger partial charge in [-0.15, -0.1) is 0 Å². The second-order valence-electron chi connectivity index (χ2n) is 12.1. The Morgan fingerprint density at radius 3 is 1.39 bits per heavy atom. The monoisotopic (exact) mass is 584 g/mol. The molecule has 10 aromatic rings. The molecule has 2 heterocycles. The lowest BCUT2D eigenvalue weighted by Gasteiger charge is -2.20. The molecule has 10 rings (SSSR count). The van der Waals surface area contributed by atoms with Gasteiger partial charge in [-0.25, -0.2) is 0 Å². The van der Waals surface area contributed by atoms with Crippen LogP contribution in [0.1, 0.15) is 0 Å². The van der Waals surface area contributed by atoms with Gasteiger partial charge in [0.25, 0.3) is 0 Å². The average Bonchev–Trinajstić information content (AvgIpc) is 3.62. The Balaban J connectivity index is 1.46. The zero-order valence-electron chi connectivity index (χ0n) is 25.1. The fourth-order valence-electron chi connectivity index (χ4n) is 7.78. The minimum Gasteiger partial charge on any atom is -0.309 e. The fourth-order valence-corrected chi connectivity index (χ4v) is 7.78. The number of para-hydroxylation sites is 3. The lowest BCUT2D eigenvalue weighted by Crippen LogP contribution is -2.01. The number of hydrogen-bond donors (Lipinski definition) is 0. The number of nitrogens with zero attached hydrogens (tertiary/aromatic N) is 2. The number of hydrogen-bond acceptors (Lipinski definition) is 0. The molecule has 0 unspecified atom stereocenters. The molecule has 0 N–H and O–H groups in total. The molecule has 214 valence electrons. The molecule has 8 aromatic carbocycles. The summed E-state index contributed by atoms with van der Waals surface area (Å²) in [5, 5.41) is 10.1. The first-order valence-electron chi connectivity index (χ1n) is 15.9. The van der Waals surface area contributed by atoms with Gasteiger partial charge in [0, 0.05) is 38.2 Å². The van der Waals surface area contributed by atoms with E-state index in [0.717, 1.165) is 5.69 Å². The summed E-state index contributed by atoms with van der Waals surface area (Å²) < 4.78 is 4.96. The van der Waals surface area contributed by atoms with Crippen LogP contribution in [0.3, 0.4) is 0 Å². The molecule has 0 fully saturated rings. The predicted molar refractivity (Wildman–Crippen MR) is 196 cm³/mol. The van der Waals surface area contributed by atoms with Crippen molar-refractivity contribution >= 4 is 65.2 Å². The number of fused-ring (bicyclic) bond motifs is 9. The van der Waals surface area contributed by atoms with Gasteiger partial charge in [0.1, 0.15) is 0 Å². The molecule has 2 aromatic heterocycles. The second kappa shape index (κ2) is 9.69. The SMILES string of the molecule is c1ccc(-c2c(-n3c4ccccc4c4cc5c6ccccc6n(-c6ccccc6)c5cc43)c3ccccc3c3ccccc23)cc1. The van der Waals surface area contributed by atoms with E-state index >= 15 is 0 Å². The van der Waals surface area contributed by atoms with Crippen LogP contribution in [0.15, 0.2) is 170 Å². The number of aromatic nitrogens is 2. The molecule has 0 aliphatic carbocycles. The van der Waals surface area contributed by atoms with Crippen LogP contribution in [0, 0.1) is 0 Å². The minimum atomic E-state index is 1.16. The van der Waals surface area contributed by atoms with Crippen molar-refractivity contribution < 1.29 is 0 Å². The molecule has 0 aliphatic heterocycles. The van der Waals surface area contributed by atoms with E-state index in [4.69, 9.17) is 0 Å². The largest absolute Gasteiger partial charge is 0.309 e. The summed E-state index contributed by atoms with van der Waals surface area (Å²) in [6.45, 7) is 0. The van der Waals surface area contributed by atoms with E-state index in [1.807, 2.05) is 0 Å². The van der Waals surface area contributed by atoms with E-state index in [1.165, 1.54) is 82.0 Å². The van der Waals surface area contributed by atoms with Gasteiger partial charge < -0.3 is 9.13 Å². The quantitative estimate of drug-likeness (QED) is 0.183. The van der Waals surface area contributed by atoms with Gasteiger partial charge in [-0.05, 0) is 58.1 Å². The second-order valence-corrected chi connectivity index (χ2v) is 12.1. The van der Waals surface area contributed by atoms with Crippen LogP contribution in [0.5, 0.6) is 0 Å². The standard InChI is InChI=1S/C44H28N2/c1-3-15-29(16-4-1)43-35-23-9-7-19-31(35)32-20-8-10-24-36(32)44(43)46-40-26-14-12-22-34(40)38-27-37-33-21-11-13-25-39(33)45(41(37)28-42(38)46)30-17-5-2-6-18-30/h1-28H. The van der Waals surface area contributed by atoms with Gasteiger partial charge >= 0.3 is 0 Å². The van der Waals surface area contributed by atoms with E-state index in [9.17, 15) is 0 Å². The fraction of sp³-hybridized carbons (Fsp3) is 0. The molecule has 0 amide bonds. The summed E-state index contributed by atoms with van der Waals surface area (Å²) in [5.74, 6) is 0. The number of benzene rings is 8. The summed E-state index contributed by atoms with van der Waals surface area (Å²) in [4.78, 5) is 0. The lowest BCUT2D eigenvalue weighted by molar-refractivity contribution is 1.17. The van der Waals surface area contributed by atoms with E-state index in [-0.39, 0.29) is 0 Å². The van der Waals surface area contributed by atoms with Crippen LogP contribution in [-0.4, -0.2) is 9.13 Å². The first kappa shape index (κ1) is 25.2. The third-order valence-electron chi connectivity index (χ3n) is 9.67. The molecule has 0 saturated heterocycles. The molecular weight excluding hydrogens is 556 g/mol. The lowest BCUT2D eigenvalue weighted by atomic mass is 9.91. The third kappa shape index (κ3) is 3.47. The summed E-state index contributed by atoms with van der Waals surface area (Å²) >= 11 is 0. The molecule has 0 radical (unpaired) electrons. The molecule has 0 atom stereocenters. The molecule has 46 heavy (non-hydrogen) atoms. The Kier molecular flexibility index (Phi) is 5.31. The van der Waals surface area contributed by atoms with Crippen molar-refractivity contribution in [2.24, 2.45) is 0 Å². The average molecular weight is 585 g/mol. The molecule has 2 nitrogen and oxygen atoms in total. The van der Waals surface area contributed by atoms with E-state index in [0.29, 0.717) is 0 Å². The summed E-state index contributed by atoms with van der Waals surface area (Å²) in [5.41, 5.74) is 9.67. The van der Waals surface area contributed by atoms with Gasteiger partial charge in [0.15, 0.2) is 0 Å². The third-order valence-corrected chi connectivity index (χ3v) is 9.67. The topological polar surface area (TPSA) is 9.86 Å². The van der Waals surface area contributed by atoms with E-state index < -0.39 is 0 Å². The highest BCUT2D eigenvalue weighted by Gasteiger charge is 2.23. The van der Waals surface area contributed by atoms with Crippen molar-refractivity contribution in [3.8, 4) is 22.5 Å². The number of rotatable bonds is 3. The Morgan fingerprint density at radius 1 is 0.283 bits per heavy atom. The molecule has 0 spiro atoms. The first-order valence-corrected chi connectivity index (χ1v) is 15.9. The highest BCUT2D eigenvalue weighted by Crippen LogP contribution is 2.46. The maximum atomic E-state index is 2.54. The summed E-state index contributed by atoms with van der Waals surface area (Å²) in [7, 11) is 0. The van der Waals surface area contributed by atoms with E-state index in [1.54, 1.807) is 0 Å². The Labute approximate surface area is 266 Å². The van der Waals surface area contributed by atoms with Crippen LogP contribution < -0.4 is 0 Å². The molecular formula is C44H28N2. The summed E-state index contributed by atoms with van der Waals surface area (Å²) in [6.07, 6.45) is 0. The minimum absolute atomic E-state index is 1.16. The molecule has 2 heteroatoms. The maximum absolute atomic E-state index is 2.54. The highest BCUT2D eigenvalue weighted by atomic mass is 15.0.